The van der Waals surface area contributed by atoms with Crippen molar-refractivity contribution in [2.45, 2.75) is 33.3 Å². The molecule has 0 aromatic heterocycles. The third-order valence-corrected chi connectivity index (χ3v) is 3.85. The van der Waals surface area contributed by atoms with Gasteiger partial charge in [0.25, 0.3) is 5.91 Å². The van der Waals surface area contributed by atoms with Crippen molar-refractivity contribution in [3.63, 3.8) is 0 Å². The molecule has 0 saturated heterocycles. The van der Waals surface area contributed by atoms with Gasteiger partial charge < -0.3 is 10.1 Å². The number of hydrogen-bond acceptors (Lipinski definition) is 2. The smallest absolute Gasteiger partial charge is 0.265 e. The molecule has 0 saturated carbocycles. The number of carbonyl (C=O) groups is 1. The number of aryl methyl sites for hydroxylation is 1. The zero-order chi connectivity index (χ0) is 16.1. The van der Waals surface area contributed by atoms with Crippen LogP contribution in [0.5, 0.6) is 5.75 Å². The highest BCUT2D eigenvalue weighted by Crippen LogP contribution is 2.23. The number of amides is 1. The normalized spacial score (nSPS) is 11.8. The molecule has 0 bridgehead atoms. The van der Waals surface area contributed by atoms with Crippen LogP contribution in [0.1, 0.15) is 24.5 Å². The number of hydrogen-bond donors (Lipinski definition) is 1. The fourth-order valence-corrected chi connectivity index (χ4v) is 2.21. The Hall–Kier alpha value is -2.00. The number of anilines is 1. The molecule has 2 rings (SSSR count). The van der Waals surface area contributed by atoms with Gasteiger partial charge in [0.1, 0.15) is 5.75 Å². The monoisotopic (exact) mass is 317 g/mol. The third-order valence-electron chi connectivity index (χ3n) is 3.60. The van der Waals surface area contributed by atoms with Gasteiger partial charge in [-0.05, 0) is 61.7 Å². The molecule has 0 radical (unpaired) electrons. The topological polar surface area (TPSA) is 38.3 Å². The zero-order valence-corrected chi connectivity index (χ0v) is 13.8. The first kappa shape index (κ1) is 16.4. The Morgan fingerprint density at radius 2 is 1.86 bits per heavy atom. The maximum Gasteiger partial charge on any atom is 0.265 e. The summed E-state index contributed by atoms with van der Waals surface area (Å²) < 4.78 is 5.89. The number of nitrogens with one attached hydrogen (secondary N) is 1. The minimum Gasteiger partial charge on any atom is -0.480 e. The quantitative estimate of drug-likeness (QED) is 0.864. The molecule has 0 aliphatic heterocycles. The highest BCUT2D eigenvalue weighted by atomic mass is 35.5. The fourth-order valence-electron chi connectivity index (χ4n) is 2.08. The van der Waals surface area contributed by atoms with Crippen molar-refractivity contribution < 1.29 is 9.53 Å². The molecule has 1 unspecified atom stereocenters. The van der Waals surface area contributed by atoms with Crippen molar-refractivity contribution in [1.82, 2.24) is 0 Å². The molecule has 2 aromatic carbocycles. The van der Waals surface area contributed by atoms with Crippen LogP contribution in [0.3, 0.4) is 0 Å². The number of benzene rings is 2. The zero-order valence-electron chi connectivity index (χ0n) is 13.0. The Labute approximate surface area is 136 Å². The van der Waals surface area contributed by atoms with Gasteiger partial charge in [-0.3, -0.25) is 4.79 Å². The lowest BCUT2D eigenvalue weighted by molar-refractivity contribution is -0.122. The Morgan fingerprint density at radius 1 is 1.18 bits per heavy atom. The number of ether oxygens (including phenoxy) is 1. The summed E-state index contributed by atoms with van der Waals surface area (Å²) in [6.07, 6.45) is 0.0588. The van der Waals surface area contributed by atoms with Gasteiger partial charge in [-0.25, -0.2) is 0 Å². The summed E-state index contributed by atoms with van der Waals surface area (Å²) in [5, 5.41) is 3.49. The largest absolute Gasteiger partial charge is 0.480 e. The van der Waals surface area contributed by atoms with E-state index in [1.165, 1.54) is 0 Å². The molecule has 3 nitrogen and oxygen atoms in total. The van der Waals surface area contributed by atoms with E-state index in [1.807, 2.05) is 39.0 Å². The second kappa shape index (κ2) is 7.32. The summed E-state index contributed by atoms with van der Waals surface area (Å²) in [6.45, 7) is 5.95. The second-order valence-corrected chi connectivity index (χ2v) is 5.65. The molecular formula is C18H20ClNO2. The summed E-state index contributed by atoms with van der Waals surface area (Å²) in [4.78, 5) is 12.4. The summed E-state index contributed by atoms with van der Waals surface area (Å²) >= 11 is 5.84. The summed E-state index contributed by atoms with van der Waals surface area (Å²) in [5.74, 6) is 0.587. The van der Waals surface area contributed by atoms with E-state index >= 15 is 0 Å². The van der Waals surface area contributed by atoms with E-state index in [2.05, 4.69) is 5.32 Å². The molecule has 0 fully saturated rings. The highest BCUT2D eigenvalue weighted by Gasteiger charge is 2.19. The van der Waals surface area contributed by atoms with Crippen LogP contribution in [0.15, 0.2) is 42.5 Å². The maximum absolute atomic E-state index is 12.4. The number of rotatable bonds is 5. The SMILES string of the molecule is CCC(Oc1cccc(C)c1C)C(=O)Nc1ccc(Cl)cc1. The first-order valence-corrected chi connectivity index (χ1v) is 7.68. The van der Waals surface area contributed by atoms with Crippen LogP contribution < -0.4 is 10.1 Å². The Kier molecular flexibility index (Phi) is 5.45. The molecule has 4 heteroatoms. The van der Waals surface area contributed by atoms with Crippen molar-refractivity contribution >= 4 is 23.2 Å². The van der Waals surface area contributed by atoms with Crippen LogP contribution in [-0.4, -0.2) is 12.0 Å². The van der Waals surface area contributed by atoms with Crippen LogP contribution in [0.2, 0.25) is 5.02 Å². The van der Waals surface area contributed by atoms with Crippen LogP contribution in [-0.2, 0) is 4.79 Å². The van der Waals surface area contributed by atoms with E-state index in [4.69, 9.17) is 16.3 Å². The second-order valence-electron chi connectivity index (χ2n) is 5.21. The van der Waals surface area contributed by atoms with E-state index in [-0.39, 0.29) is 5.91 Å². The third kappa shape index (κ3) is 4.01. The summed E-state index contributed by atoms with van der Waals surface area (Å²) in [5.41, 5.74) is 2.91. The van der Waals surface area contributed by atoms with Crippen molar-refractivity contribution in [1.29, 1.82) is 0 Å². The van der Waals surface area contributed by atoms with Gasteiger partial charge in [-0.15, -0.1) is 0 Å². The van der Waals surface area contributed by atoms with Crippen LogP contribution >= 0.6 is 11.6 Å². The van der Waals surface area contributed by atoms with Crippen molar-refractivity contribution in [3.8, 4) is 5.75 Å². The van der Waals surface area contributed by atoms with Gasteiger partial charge in [0.2, 0.25) is 0 Å². The fraction of sp³-hybridized carbons (Fsp3) is 0.278. The number of carbonyl (C=O) groups excluding carboxylic acids is 1. The predicted octanol–water partition coefficient (Wildman–Crippen LogP) is 4.75. The molecule has 0 aliphatic carbocycles. The van der Waals surface area contributed by atoms with Crippen molar-refractivity contribution in [2.75, 3.05) is 5.32 Å². The molecular weight excluding hydrogens is 298 g/mol. The minimum atomic E-state index is -0.531. The van der Waals surface area contributed by atoms with Gasteiger partial charge in [-0.2, -0.15) is 0 Å². The lowest BCUT2D eigenvalue weighted by Gasteiger charge is -2.19. The molecule has 0 spiro atoms. The van der Waals surface area contributed by atoms with E-state index < -0.39 is 6.10 Å². The van der Waals surface area contributed by atoms with Crippen LogP contribution in [0.25, 0.3) is 0 Å². The highest BCUT2D eigenvalue weighted by molar-refractivity contribution is 6.30. The van der Waals surface area contributed by atoms with E-state index in [1.54, 1.807) is 24.3 Å². The molecule has 2 aromatic rings. The van der Waals surface area contributed by atoms with E-state index in [0.29, 0.717) is 17.1 Å². The summed E-state index contributed by atoms with van der Waals surface area (Å²) in [6, 6.07) is 12.9. The summed E-state index contributed by atoms with van der Waals surface area (Å²) in [7, 11) is 0. The standard InChI is InChI=1S/C18H20ClNO2/c1-4-16(22-17-7-5-6-12(2)13(17)3)18(21)20-15-10-8-14(19)9-11-15/h5-11,16H,4H2,1-3H3,(H,20,21). The van der Waals surface area contributed by atoms with Crippen LogP contribution in [0.4, 0.5) is 5.69 Å². The maximum atomic E-state index is 12.4. The Bertz CT molecular complexity index is 653. The molecule has 1 atom stereocenters. The molecule has 0 aliphatic rings. The van der Waals surface area contributed by atoms with E-state index in [9.17, 15) is 4.79 Å². The van der Waals surface area contributed by atoms with Crippen molar-refractivity contribution in [3.05, 3.63) is 58.6 Å². The van der Waals surface area contributed by atoms with Gasteiger partial charge in [0.05, 0.1) is 0 Å². The lowest BCUT2D eigenvalue weighted by Crippen LogP contribution is -2.32. The molecule has 1 N–H and O–H groups in total. The van der Waals surface area contributed by atoms with Gasteiger partial charge in [0.15, 0.2) is 6.10 Å². The van der Waals surface area contributed by atoms with Gasteiger partial charge >= 0.3 is 0 Å². The Morgan fingerprint density at radius 3 is 2.50 bits per heavy atom. The van der Waals surface area contributed by atoms with Gasteiger partial charge in [-0.1, -0.05) is 30.7 Å². The Balaban J connectivity index is 2.09. The predicted molar refractivity (Wildman–Crippen MR) is 90.7 cm³/mol. The van der Waals surface area contributed by atoms with Crippen molar-refractivity contribution in [2.24, 2.45) is 0 Å². The average molecular weight is 318 g/mol. The lowest BCUT2D eigenvalue weighted by atomic mass is 10.1. The number of halogens is 1. The van der Waals surface area contributed by atoms with Gasteiger partial charge in [0, 0.05) is 10.7 Å². The average Bonchev–Trinajstić information content (AvgIpc) is 2.51. The molecule has 0 heterocycles. The van der Waals surface area contributed by atoms with E-state index in [0.717, 1.165) is 16.9 Å². The first-order chi connectivity index (χ1) is 10.5. The molecule has 22 heavy (non-hydrogen) atoms. The van der Waals surface area contributed by atoms with Crippen LogP contribution in [0, 0.1) is 13.8 Å². The molecule has 1 amide bonds. The first-order valence-electron chi connectivity index (χ1n) is 7.30. The molecule has 116 valence electrons. The minimum absolute atomic E-state index is 0.161.